The molecule has 0 bridgehead atoms. The molecule has 0 spiro atoms. The summed E-state index contributed by atoms with van der Waals surface area (Å²) in [5.41, 5.74) is 7.39. The Bertz CT molecular complexity index is 805. The van der Waals surface area contributed by atoms with Gasteiger partial charge in [-0.15, -0.1) is 0 Å². The minimum atomic E-state index is -0.695. The van der Waals surface area contributed by atoms with Gasteiger partial charge in [0.05, 0.1) is 5.56 Å². The molecule has 1 unspecified atom stereocenters. The van der Waals surface area contributed by atoms with Crippen molar-refractivity contribution in [2.45, 2.75) is 12.5 Å². The van der Waals surface area contributed by atoms with Crippen LogP contribution in [0.25, 0.3) is 0 Å². The number of hydrogen-bond acceptors (Lipinski definition) is 5. The van der Waals surface area contributed by atoms with Crippen LogP contribution in [0.3, 0.4) is 0 Å². The first-order valence-electron chi connectivity index (χ1n) is 7.30. The SMILES string of the molecule is Nc1ccc(OC(=O)c2ccccc2)cc1CC1NC(=O)NC1=O. The van der Waals surface area contributed by atoms with Crippen molar-refractivity contribution in [3.05, 3.63) is 59.7 Å². The first kappa shape index (κ1) is 15.5. The molecule has 2 aromatic rings. The van der Waals surface area contributed by atoms with Gasteiger partial charge in [0.25, 0.3) is 5.91 Å². The molecule has 1 aliphatic heterocycles. The summed E-state index contributed by atoms with van der Waals surface area (Å²) in [7, 11) is 0. The molecular formula is C17H15N3O4. The largest absolute Gasteiger partial charge is 0.423 e. The van der Waals surface area contributed by atoms with Crippen LogP contribution in [0.5, 0.6) is 5.75 Å². The molecule has 24 heavy (non-hydrogen) atoms. The minimum absolute atomic E-state index is 0.208. The first-order chi connectivity index (χ1) is 11.5. The van der Waals surface area contributed by atoms with Gasteiger partial charge in [0.2, 0.25) is 0 Å². The highest BCUT2D eigenvalue weighted by atomic mass is 16.5. The van der Waals surface area contributed by atoms with Crippen molar-refractivity contribution in [2.75, 3.05) is 5.73 Å². The lowest BCUT2D eigenvalue weighted by atomic mass is 10.0. The number of amides is 3. The Morgan fingerprint density at radius 1 is 1.12 bits per heavy atom. The fraction of sp³-hybridized carbons (Fsp3) is 0.118. The molecule has 0 aliphatic carbocycles. The zero-order valence-corrected chi connectivity index (χ0v) is 12.6. The number of hydrogen-bond donors (Lipinski definition) is 3. The summed E-state index contributed by atoms with van der Waals surface area (Å²) >= 11 is 0. The van der Waals surface area contributed by atoms with Crippen LogP contribution in [0, 0.1) is 0 Å². The van der Waals surface area contributed by atoms with Crippen molar-refractivity contribution in [3.8, 4) is 5.75 Å². The molecule has 1 saturated heterocycles. The molecule has 1 atom stereocenters. The van der Waals surface area contributed by atoms with Gasteiger partial charge in [-0.05, 0) is 35.9 Å². The monoisotopic (exact) mass is 325 g/mol. The van der Waals surface area contributed by atoms with Crippen LogP contribution >= 0.6 is 0 Å². The summed E-state index contributed by atoms with van der Waals surface area (Å²) in [4.78, 5) is 34.9. The summed E-state index contributed by atoms with van der Waals surface area (Å²) < 4.78 is 5.33. The molecule has 0 aromatic heterocycles. The fourth-order valence-electron chi connectivity index (χ4n) is 2.39. The van der Waals surface area contributed by atoms with Crippen LogP contribution < -0.4 is 21.1 Å². The second-order valence-corrected chi connectivity index (χ2v) is 5.34. The summed E-state index contributed by atoms with van der Waals surface area (Å²) in [5, 5.41) is 4.66. The fourth-order valence-corrected chi connectivity index (χ4v) is 2.39. The molecule has 0 radical (unpaired) electrons. The Morgan fingerprint density at radius 2 is 1.88 bits per heavy atom. The molecule has 122 valence electrons. The van der Waals surface area contributed by atoms with E-state index in [0.717, 1.165) is 0 Å². The van der Waals surface area contributed by atoms with E-state index in [0.29, 0.717) is 22.6 Å². The third kappa shape index (κ3) is 3.35. The number of benzene rings is 2. The van der Waals surface area contributed by atoms with E-state index in [1.54, 1.807) is 48.5 Å². The highest BCUT2D eigenvalue weighted by molar-refractivity contribution is 6.04. The van der Waals surface area contributed by atoms with Crippen LogP contribution in [0.4, 0.5) is 10.5 Å². The molecule has 1 fully saturated rings. The van der Waals surface area contributed by atoms with Gasteiger partial charge in [0.15, 0.2) is 0 Å². The van der Waals surface area contributed by atoms with Gasteiger partial charge in [0.1, 0.15) is 11.8 Å². The van der Waals surface area contributed by atoms with Crippen LogP contribution in [0.15, 0.2) is 48.5 Å². The average molecular weight is 325 g/mol. The van der Waals surface area contributed by atoms with Crippen LogP contribution in [-0.4, -0.2) is 23.9 Å². The van der Waals surface area contributed by atoms with Crippen LogP contribution in [0.2, 0.25) is 0 Å². The van der Waals surface area contributed by atoms with E-state index >= 15 is 0 Å². The van der Waals surface area contributed by atoms with E-state index < -0.39 is 23.9 Å². The molecule has 3 rings (SSSR count). The normalized spacial score (nSPS) is 16.4. The van der Waals surface area contributed by atoms with Gasteiger partial charge in [-0.2, -0.15) is 0 Å². The molecular weight excluding hydrogens is 310 g/mol. The predicted octanol–water partition coefficient (Wildman–Crippen LogP) is 1.24. The van der Waals surface area contributed by atoms with E-state index in [2.05, 4.69) is 10.6 Å². The Hall–Kier alpha value is -3.35. The van der Waals surface area contributed by atoms with Gasteiger partial charge in [-0.25, -0.2) is 9.59 Å². The maximum absolute atomic E-state index is 12.1. The molecule has 7 nitrogen and oxygen atoms in total. The van der Waals surface area contributed by atoms with Gasteiger partial charge in [-0.1, -0.05) is 18.2 Å². The highest BCUT2D eigenvalue weighted by Crippen LogP contribution is 2.22. The second-order valence-electron chi connectivity index (χ2n) is 5.34. The Balaban J connectivity index is 1.75. The topological polar surface area (TPSA) is 111 Å². The third-order valence-corrected chi connectivity index (χ3v) is 3.62. The zero-order valence-electron chi connectivity index (χ0n) is 12.6. The Kier molecular flexibility index (Phi) is 4.15. The highest BCUT2D eigenvalue weighted by Gasteiger charge is 2.30. The number of urea groups is 1. The van der Waals surface area contributed by atoms with Crippen molar-refractivity contribution in [1.82, 2.24) is 10.6 Å². The van der Waals surface area contributed by atoms with Gasteiger partial charge in [-0.3, -0.25) is 10.1 Å². The molecule has 7 heteroatoms. The lowest BCUT2D eigenvalue weighted by molar-refractivity contribution is -0.120. The van der Waals surface area contributed by atoms with E-state index in [1.165, 1.54) is 0 Å². The quantitative estimate of drug-likeness (QED) is 0.339. The smallest absolute Gasteiger partial charge is 0.343 e. The number of esters is 1. The van der Waals surface area contributed by atoms with Crippen molar-refractivity contribution >= 4 is 23.6 Å². The third-order valence-electron chi connectivity index (χ3n) is 3.62. The lowest BCUT2D eigenvalue weighted by Crippen LogP contribution is -2.31. The Morgan fingerprint density at radius 3 is 2.54 bits per heavy atom. The predicted molar refractivity (Wildman–Crippen MR) is 86.4 cm³/mol. The summed E-state index contributed by atoms with van der Waals surface area (Å²) in [6.45, 7) is 0. The van der Waals surface area contributed by atoms with Crippen molar-refractivity contribution in [2.24, 2.45) is 0 Å². The number of rotatable bonds is 4. The van der Waals surface area contributed by atoms with E-state index in [9.17, 15) is 14.4 Å². The molecule has 2 aromatic carbocycles. The number of nitrogens with one attached hydrogen (secondary N) is 2. The molecule has 3 amide bonds. The number of anilines is 1. The van der Waals surface area contributed by atoms with Crippen LogP contribution in [-0.2, 0) is 11.2 Å². The number of carbonyl (C=O) groups is 3. The molecule has 1 heterocycles. The van der Waals surface area contributed by atoms with Gasteiger partial charge < -0.3 is 15.8 Å². The first-order valence-corrected chi connectivity index (χ1v) is 7.30. The number of nitrogen functional groups attached to an aromatic ring is 1. The summed E-state index contributed by atoms with van der Waals surface area (Å²) in [6.07, 6.45) is 0.208. The minimum Gasteiger partial charge on any atom is -0.423 e. The molecule has 1 aliphatic rings. The number of imide groups is 1. The van der Waals surface area contributed by atoms with Crippen molar-refractivity contribution < 1.29 is 19.1 Å². The summed E-state index contributed by atoms with van der Waals surface area (Å²) in [5.74, 6) is -0.581. The zero-order chi connectivity index (χ0) is 17.1. The number of nitrogens with two attached hydrogens (primary N) is 1. The van der Waals surface area contributed by atoms with Gasteiger partial charge >= 0.3 is 12.0 Å². The van der Waals surface area contributed by atoms with E-state index in [1.807, 2.05) is 0 Å². The lowest BCUT2D eigenvalue weighted by Gasteiger charge is -2.12. The number of carbonyl (C=O) groups excluding carboxylic acids is 3. The Labute approximate surface area is 137 Å². The number of ether oxygens (including phenoxy) is 1. The van der Waals surface area contributed by atoms with Crippen molar-refractivity contribution in [1.29, 1.82) is 0 Å². The average Bonchev–Trinajstić information content (AvgIpc) is 2.89. The standard InChI is InChI=1S/C17H15N3O4/c18-13-7-6-12(24-16(22)10-4-2-1-3-5-10)8-11(13)9-14-15(21)20-17(23)19-14/h1-8,14H,9,18H2,(H2,19,20,21,23). The second kappa shape index (κ2) is 6.41. The maximum Gasteiger partial charge on any atom is 0.343 e. The molecule has 4 N–H and O–H groups in total. The maximum atomic E-state index is 12.1. The summed E-state index contributed by atoms with van der Waals surface area (Å²) in [6, 6.07) is 12.1. The molecule has 0 saturated carbocycles. The van der Waals surface area contributed by atoms with E-state index in [-0.39, 0.29) is 6.42 Å². The van der Waals surface area contributed by atoms with Crippen molar-refractivity contribution in [3.63, 3.8) is 0 Å². The van der Waals surface area contributed by atoms with Crippen LogP contribution in [0.1, 0.15) is 15.9 Å². The van der Waals surface area contributed by atoms with Gasteiger partial charge in [0, 0.05) is 12.1 Å². The van der Waals surface area contributed by atoms with E-state index in [4.69, 9.17) is 10.5 Å².